The van der Waals surface area contributed by atoms with E-state index in [1.54, 1.807) is 0 Å². The van der Waals surface area contributed by atoms with Gasteiger partial charge in [-0.2, -0.15) is 0 Å². The largest absolute Gasteiger partial charge is 0.314 e. The molecular formula is C14H30N2O2S. The molecule has 0 spiro atoms. The Labute approximate surface area is 118 Å². The van der Waals surface area contributed by atoms with Crippen LogP contribution in [0.3, 0.4) is 0 Å². The molecule has 0 aromatic rings. The van der Waals surface area contributed by atoms with E-state index in [9.17, 15) is 8.42 Å². The number of rotatable bonds is 4. The molecule has 0 saturated carbocycles. The van der Waals surface area contributed by atoms with Crippen molar-refractivity contribution in [3.63, 3.8) is 0 Å². The first-order valence-corrected chi connectivity index (χ1v) is 9.20. The van der Waals surface area contributed by atoms with Gasteiger partial charge in [0, 0.05) is 25.4 Å². The number of nitrogens with zero attached hydrogens (tertiary/aromatic N) is 1. The molecule has 1 heterocycles. The average molecular weight is 290 g/mol. The maximum absolute atomic E-state index is 11.8. The van der Waals surface area contributed by atoms with E-state index in [2.05, 4.69) is 24.1 Å². The summed E-state index contributed by atoms with van der Waals surface area (Å²) in [6, 6.07) is 0.562. The summed E-state index contributed by atoms with van der Waals surface area (Å²) in [6.45, 7) is 11.7. The van der Waals surface area contributed by atoms with Crippen LogP contribution in [0.1, 0.15) is 40.5 Å². The Balaban J connectivity index is 2.70. The monoisotopic (exact) mass is 290 g/mol. The molecule has 114 valence electrons. The van der Waals surface area contributed by atoms with E-state index < -0.39 is 14.6 Å². The van der Waals surface area contributed by atoms with Crippen LogP contribution in [-0.4, -0.2) is 56.5 Å². The zero-order chi connectivity index (χ0) is 14.7. The van der Waals surface area contributed by atoms with Crippen LogP contribution in [0.4, 0.5) is 0 Å². The Morgan fingerprint density at radius 1 is 1.37 bits per heavy atom. The molecule has 0 aliphatic carbocycles. The van der Waals surface area contributed by atoms with Gasteiger partial charge in [-0.3, -0.25) is 0 Å². The fourth-order valence-electron chi connectivity index (χ4n) is 2.55. The molecule has 2 unspecified atom stereocenters. The van der Waals surface area contributed by atoms with E-state index in [-0.39, 0.29) is 0 Å². The van der Waals surface area contributed by atoms with Crippen molar-refractivity contribution in [2.45, 2.75) is 51.3 Å². The molecule has 19 heavy (non-hydrogen) atoms. The zero-order valence-corrected chi connectivity index (χ0v) is 13.9. The molecule has 0 bridgehead atoms. The van der Waals surface area contributed by atoms with E-state index in [1.165, 1.54) is 6.26 Å². The van der Waals surface area contributed by atoms with Gasteiger partial charge in [0.15, 0.2) is 9.84 Å². The van der Waals surface area contributed by atoms with Gasteiger partial charge in [0.2, 0.25) is 0 Å². The van der Waals surface area contributed by atoms with Gasteiger partial charge in [0.25, 0.3) is 0 Å². The van der Waals surface area contributed by atoms with Gasteiger partial charge >= 0.3 is 0 Å². The summed E-state index contributed by atoms with van der Waals surface area (Å²) >= 11 is 0. The Bertz CT molecular complexity index is 379. The molecule has 2 atom stereocenters. The quantitative estimate of drug-likeness (QED) is 0.853. The van der Waals surface area contributed by atoms with Gasteiger partial charge in [-0.05, 0) is 45.7 Å². The van der Waals surface area contributed by atoms with E-state index in [0.29, 0.717) is 18.5 Å². The van der Waals surface area contributed by atoms with Crippen LogP contribution in [-0.2, 0) is 9.84 Å². The summed E-state index contributed by atoms with van der Waals surface area (Å²) in [5, 5.41) is 3.59. The predicted molar refractivity (Wildman–Crippen MR) is 81.2 cm³/mol. The van der Waals surface area contributed by atoms with Gasteiger partial charge in [-0.15, -0.1) is 0 Å². The summed E-state index contributed by atoms with van der Waals surface area (Å²) in [7, 11) is -3.02. The molecular weight excluding hydrogens is 260 g/mol. The molecule has 5 heteroatoms. The first-order chi connectivity index (χ1) is 8.65. The third-order valence-electron chi connectivity index (χ3n) is 4.22. The smallest absolute Gasteiger partial charge is 0.153 e. The molecule has 0 aromatic carbocycles. The van der Waals surface area contributed by atoms with Gasteiger partial charge < -0.3 is 10.2 Å². The molecule has 1 aliphatic rings. The van der Waals surface area contributed by atoms with Crippen LogP contribution in [0.25, 0.3) is 0 Å². The lowest BCUT2D eigenvalue weighted by Crippen LogP contribution is -2.49. The Morgan fingerprint density at radius 3 is 2.53 bits per heavy atom. The van der Waals surface area contributed by atoms with Gasteiger partial charge in [-0.25, -0.2) is 8.42 Å². The normalized spacial score (nSPS) is 27.8. The highest BCUT2D eigenvalue weighted by molar-refractivity contribution is 7.92. The number of nitrogens with one attached hydrogen (secondary N) is 1. The minimum atomic E-state index is -3.02. The topological polar surface area (TPSA) is 49.4 Å². The molecule has 0 amide bonds. The van der Waals surface area contributed by atoms with Crippen LogP contribution in [0.5, 0.6) is 0 Å². The molecule has 1 aliphatic heterocycles. The highest BCUT2D eigenvalue weighted by atomic mass is 32.2. The van der Waals surface area contributed by atoms with E-state index in [1.807, 2.05) is 13.8 Å². The molecule has 4 nitrogen and oxygen atoms in total. The molecule has 1 saturated heterocycles. The van der Waals surface area contributed by atoms with Crippen LogP contribution < -0.4 is 5.32 Å². The van der Waals surface area contributed by atoms with Crippen molar-refractivity contribution >= 4 is 9.84 Å². The maximum Gasteiger partial charge on any atom is 0.153 e. The van der Waals surface area contributed by atoms with E-state index >= 15 is 0 Å². The molecule has 1 fully saturated rings. The Morgan fingerprint density at radius 2 is 2.00 bits per heavy atom. The van der Waals surface area contributed by atoms with Crippen LogP contribution in [0, 0.1) is 5.92 Å². The SMILES string of the molecule is CCC1CCN(CC(C)(C)S(C)(=O)=O)CC(C)CN1. The fourth-order valence-corrected chi connectivity index (χ4v) is 2.97. The van der Waals surface area contributed by atoms with Gasteiger partial charge in [-0.1, -0.05) is 13.8 Å². The maximum atomic E-state index is 11.8. The summed E-state index contributed by atoms with van der Waals surface area (Å²) < 4.78 is 23.0. The van der Waals surface area contributed by atoms with Crippen LogP contribution in [0.2, 0.25) is 0 Å². The minimum absolute atomic E-state index is 0.560. The van der Waals surface area contributed by atoms with Crippen molar-refractivity contribution in [3.05, 3.63) is 0 Å². The van der Waals surface area contributed by atoms with E-state index in [4.69, 9.17) is 0 Å². The minimum Gasteiger partial charge on any atom is -0.314 e. The second-order valence-electron chi connectivity index (χ2n) is 6.67. The molecule has 0 radical (unpaired) electrons. The van der Waals surface area contributed by atoms with E-state index in [0.717, 1.165) is 32.5 Å². The molecule has 0 aromatic heterocycles. The number of sulfone groups is 1. The average Bonchev–Trinajstić information content (AvgIpc) is 2.24. The third-order valence-corrected chi connectivity index (χ3v) is 6.36. The summed E-state index contributed by atoms with van der Waals surface area (Å²) in [5.74, 6) is 0.560. The number of hydrogen-bond donors (Lipinski definition) is 1. The van der Waals surface area contributed by atoms with Crippen LogP contribution >= 0.6 is 0 Å². The zero-order valence-electron chi connectivity index (χ0n) is 13.1. The van der Waals surface area contributed by atoms with Crippen LogP contribution in [0.15, 0.2) is 0 Å². The lowest BCUT2D eigenvalue weighted by molar-refractivity contribution is 0.185. The third kappa shape index (κ3) is 5.04. The Kier molecular flexibility index (Phi) is 5.83. The van der Waals surface area contributed by atoms with Crippen molar-refractivity contribution in [1.29, 1.82) is 0 Å². The second kappa shape index (κ2) is 6.55. The van der Waals surface area contributed by atoms with Gasteiger partial charge in [0.1, 0.15) is 0 Å². The molecule has 1 rings (SSSR count). The second-order valence-corrected chi connectivity index (χ2v) is 9.32. The predicted octanol–water partition coefficient (Wildman–Crippen LogP) is 1.52. The summed E-state index contributed by atoms with van der Waals surface area (Å²) in [4.78, 5) is 2.33. The Hall–Kier alpha value is -0.130. The fraction of sp³-hybridized carbons (Fsp3) is 1.00. The first-order valence-electron chi connectivity index (χ1n) is 7.31. The van der Waals surface area contributed by atoms with Crippen molar-refractivity contribution in [2.75, 3.05) is 32.4 Å². The highest BCUT2D eigenvalue weighted by Crippen LogP contribution is 2.19. The summed E-state index contributed by atoms with van der Waals surface area (Å²) in [6.07, 6.45) is 3.58. The standard InChI is InChI=1S/C14H30N2O2S/c1-6-13-7-8-16(10-12(2)9-15-13)11-14(3,4)19(5,17)18/h12-13,15H,6-11H2,1-5H3. The summed E-state index contributed by atoms with van der Waals surface area (Å²) in [5.41, 5.74) is 0. The molecule has 1 N–H and O–H groups in total. The first kappa shape index (κ1) is 16.9. The number of hydrogen-bond acceptors (Lipinski definition) is 4. The lowest BCUT2D eigenvalue weighted by atomic mass is 10.0. The highest BCUT2D eigenvalue weighted by Gasteiger charge is 2.33. The lowest BCUT2D eigenvalue weighted by Gasteiger charge is -2.36. The van der Waals surface area contributed by atoms with Crippen molar-refractivity contribution < 1.29 is 8.42 Å². The van der Waals surface area contributed by atoms with Crippen molar-refractivity contribution in [3.8, 4) is 0 Å². The van der Waals surface area contributed by atoms with Crippen molar-refractivity contribution in [2.24, 2.45) is 5.92 Å². The van der Waals surface area contributed by atoms with Crippen molar-refractivity contribution in [1.82, 2.24) is 10.2 Å². The van der Waals surface area contributed by atoms with Gasteiger partial charge in [0.05, 0.1) is 4.75 Å².